The standard InChI is InChI=1S/C11H14ClNO3/c1-7-4-9(12)5-8(10(7)15-2)6-13-11(14)16-3/h4-5H,6H2,1-3H3,(H,13,14). The van der Waals surface area contributed by atoms with Gasteiger partial charge in [0.25, 0.3) is 0 Å². The minimum absolute atomic E-state index is 0.317. The van der Waals surface area contributed by atoms with Gasteiger partial charge in [-0.05, 0) is 24.6 Å². The van der Waals surface area contributed by atoms with E-state index in [4.69, 9.17) is 16.3 Å². The normalized spacial score (nSPS) is 9.75. The molecule has 0 aliphatic rings. The lowest BCUT2D eigenvalue weighted by atomic mass is 10.1. The molecule has 0 aromatic heterocycles. The molecule has 16 heavy (non-hydrogen) atoms. The molecule has 4 nitrogen and oxygen atoms in total. The highest BCUT2D eigenvalue weighted by Crippen LogP contribution is 2.27. The summed E-state index contributed by atoms with van der Waals surface area (Å²) in [6.07, 6.45) is -0.486. The summed E-state index contributed by atoms with van der Waals surface area (Å²) in [7, 11) is 2.90. The fourth-order valence-corrected chi connectivity index (χ4v) is 1.76. The third kappa shape index (κ3) is 3.03. The number of carbonyl (C=O) groups is 1. The summed E-state index contributed by atoms with van der Waals surface area (Å²) in [5.41, 5.74) is 1.74. The predicted octanol–water partition coefficient (Wildman–Crippen LogP) is 2.51. The highest BCUT2D eigenvalue weighted by atomic mass is 35.5. The van der Waals surface area contributed by atoms with E-state index in [1.807, 2.05) is 13.0 Å². The van der Waals surface area contributed by atoms with E-state index in [2.05, 4.69) is 10.1 Å². The first-order valence-corrected chi connectivity index (χ1v) is 5.11. The van der Waals surface area contributed by atoms with E-state index in [1.54, 1.807) is 13.2 Å². The van der Waals surface area contributed by atoms with E-state index >= 15 is 0 Å². The number of carbonyl (C=O) groups excluding carboxylic acids is 1. The van der Waals surface area contributed by atoms with Crippen molar-refractivity contribution < 1.29 is 14.3 Å². The number of nitrogens with one attached hydrogen (secondary N) is 1. The van der Waals surface area contributed by atoms with Crippen LogP contribution in [0.4, 0.5) is 4.79 Å². The second kappa shape index (κ2) is 5.61. The number of ether oxygens (including phenoxy) is 2. The molecule has 1 amide bonds. The Morgan fingerprint density at radius 2 is 2.12 bits per heavy atom. The Bertz CT molecular complexity index is 393. The first kappa shape index (κ1) is 12.6. The van der Waals surface area contributed by atoms with Gasteiger partial charge in [0, 0.05) is 17.1 Å². The van der Waals surface area contributed by atoms with Crippen molar-refractivity contribution in [1.82, 2.24) is 5.32 Å². The number of benzene rings is 1. The first-order valence-electron chi connectivity index (χ1n) is 4.73. The fourth-order valence-electron chi connectivity index (χ4n) is 1.46. The molecule has 1 N–H and O–H groups in total. The van der Waals surface area contributed by atoms with Gasteiger partial charge in [-0.25, -0.2) is 4.79 Å². The fraction of sp³-hybridized carbons (Fsp3) is 0.364. The maximum atomic E-state index is 10.9. The zero-order valence-corrected chi connectivity index (χ0v) is 10.2. The summed E-state index contributed by atoms with van der Waals surface area (Å²) < 4.78 is 9.73. The summed E-state index contributed by atoms with van der Waals surface area (Å²) in [6, 6.07) is 3.56. The van der Waals surface area contributed by atoms with Crippen LogP contribution in [0.2, 0.25) is 5.02 Å². The minimum atomic E-state index is -0.486. The number of methoxy groups -OCH3 is 2. The molecule has 0 spiro atoms. The van der Waals surface area contributed by atoms with Crippen molar-refractivity contribution in [1.29, 1.82) is 0 Å². The van der Waals surface area contributed by atoms with E-state index in [0.29, 0.717) is 11.6 Å². The number of alkyl carbamates (subject to hydrolysis) is 1. The van der Waals surface area contributed by atoms with Gasteiger partial charge in [0.2, 0.25) is 0 Å². The van der Waals surface area contributed by atoms with Crippen LogP contribution in [0.1, 0.15) is 11.1 Å². The molecule has 0 aliphatic carbocycles. The summed E-state index contributed by atoms with van der Waals surface area (Å²) in [5.74, 6) is 0.723. The molecule has 0 bridgehead atoms. The van der Waals surface area contributed by atoms with E-state index in [-0.39, 0.29) is 0 Å². The van der Waals surface area contributed by atoms with Crippen LogP contribution in [0.3, 0.4) is 0 Å². The van der Waals surface area contributed by atoms with Gasteiger partial charge in [0.05, 0.1) is 14.2 Å². The first-order chi connectivity index (χ1) is 7.58. The second-order valence-corrected chi connectivity index (χ2v) is 3.70. The van der Waals surface area contributed by atoms with Crippen LogP contribution in [0, 0.1) is 6.92 Å². The van der Waals surface area contributed by atoms with Gasteiger partial charge in [0.15, 0.2) is 0 Å². The SMILES string of the molecule is COC(=O)NCc1cc(Cl)cc(C)c1OC. The molecule has 0 radical (unpaired) electrons. The van der Waals surface area contributed by atoms with Crippen LogP contribution in [-0.4, -0.2) is 20.3 Å². The van der Waals surface area contributed by atoms with E-state index in [9.17, 15) is 4.79 Å². The van der Waals surface area contributed by atoms with Crippen LogP contribution in [-0.2, 0) is 11.3 Å². The highest BCUT2D eigenvalue weighted by Gasteiger charge is 2.09. The van der Waals surface area contributed by atoms with Crippen LogP contribution in [0.25, 0.3) is 0 Å². The lowest BCUT2D eigenvalue weighted by Crippen LogP contribution is -2.22. The summed E-state index contributed by atoms with van der Waals surface area (Å²) >= 11 is 5.93. The molecular formula is C11H14ClNO3. The molecule has 88 valence electrons. The van der Waals surface area contributed by atoms with Gasteiger partial charge in [-0.2, -0.15) is 0 Å². The van der Waals surface area contributed by atoms with E-state index in [1.165, 1.54) is 7.11 Å². The quantitative estimate of drug-likeness (QED) is 0.887. The van der Waals surface area contributed by atoms with Gasteiger partial charge < -0.3 is 14.8 Å². The lowest BCUT2D eigenvalue weighted by Gasteiger charge is -2.12. The summed E-state index contributed by atoms with van der Waals surface area (Å²) in [6.45, 7) is 2.21. The van der Waals surface area contributed by atoms with Gasteiger partial charge in [-0.15, -0.1) is 0 Å². The Morgan fingerprint density at radius 1 is 1.44 bits per heavy atom. The molecule has 5 heteroatoms. The van der Waals surface area contributed by atoms with Gasteiger partial charge in [0.1, 0.15) is 5.75 Å². The highest BCUT2D eigenvalue weighted by molar-refractivity contribution is 6.30. The Morgan fingerprint density at radius 3 is 2.69 bits per heavy atom. The Kier molecular flexibility index (Phi) is 4.43. The Hall–Kier alpha value is -1.42. The van der Waals surface area contributed by atoms with Crippen molar-refractivity contribution in [2.45, 2.75) is 13.5 Å². The number of aryl methyl sites for hydroxylation is 1. The molecule has 0 atom stereocenters. The predicted molar refractivity (Wildman–Crippen MR) is 62.0 cm³/mol. The zero-order valence-electron chi connectivity index (χ0n) is 9.46. The van der Waals surface area contributed by atoms with Crippen LogP contribution in [0.5, 0.6) is 5.75 Å². The molecule has 1 rings (SSSR count). The molecule has 0 unspecified atom stereocenters. The van der Waals surface area contributed by atoms with E-state index < -0.39 is 6.09 Å². The Labute approximate surface area is 99.5 Å². The summed E-state index contributed by atoms with van der Waals surface area (Å²) in [5, 5.41) is 3.19. The summed E-state index contributed by atoms with van der Waals surface area (Å²) in [4.78, 5) is 10.9. The third-order valence-electron chi connectivity index (χ3n) is 2.13. The average molecular weight is 244 g/mol. The monoisotopic (exact) mass is 243 g/mol. The van der Waals surface area contributed by atoms with Crippen molar-refractivity contribution in [2.75, 3.05) is 14.2 Å². The van der Waals surface area contributed by atoms with Crippen LogP contribution in [0.15, 0.2) is 12.1 Å². The van der Waals surface area contributed by atoms with Crippen molar-refractivity contribution in [3.8, 4) is 5.75 Å². The molecule has 0 fully saturated rings. The molecular weight excluding hydrogens is 230 g/mol. The molecule has 0 saturated carbocycles. The number of amides is 1. The number of hydrogen-bond acceptors (Lipinski definition) is 3. The second-order valence-electron chi connectivity index (χ2n) is 3.26. The molecule has 1 aromatic rings. The number of rotatable bonds is 3. The largest absolute Gasteiger partial charge is 0.496 e. The number of halogens is 1. The molecule has 0 aliphatic heterocycles. The van der Waals surface area contributed by atoms with Crippen molar-refractivity contribution in [3.05, 3.63) is 28.3 Å². The van der Waals surface area contributed by atoms with Crippen molar-refractivity contribution in [2.24, 2.45) is 0 Å². The van der Waals surface area contributed by atoms with Crippen LogP contribution >= 0.6 is 11.6 Å². The minimum Gasteiger partial charge on any atom is -0.496 e. The molecule has 0 heterocycles. The topological polar surface area (TPSA) is 47.6 Å². The van der Waals surface area contributed by atoms with Crippen molar-refractivity contribution in [3.63, 3.8) is 0 Å². The number of hydrogen-bond donors (Lipinski definition) is 1. The molecule has 1 aromatic carbocycles. The van der Waals surface area contributed by atoms with E-state index in [0.717, 1.165) is 16.9 Å². The lowest BCUT2D eigenvalue weighted by molar-refractivity contribution is 0.170. The average Bonchev–Trinajstić information content (AvgIpc) is 2.25. The Balaban J connectivity index is 2.89. The smallest absolute Gasteiger partial charge is 0.407 e. The third-order valence-corrected chi connectivity index (χ3v) is 2.35. The van der Waals surface area contributed by atoms with Crippen LogP contribution < -0.4 is 10.1 Å². The van der Waals surface area contributed by atoms with Gasteiger partial charge >= 0.3 is 6.09 Å². The maximum absolute atomic E-state index is 10.9. The van der Waals surface area contributed by atoms with Gasteiger partial charge in [-0.1, -0.05) is 11.6 Å². The van der Waals surface area contributed by atoms with Gasteiger partial charge in [-0.3, -0.25) is 0 Å². The zero-order chi connectivity index (χ0) is 12.1. The maximum Gasteiger partial charge on any atom is 0.407 e. The molecule has 0 saturated heterocycles. The van der Waals surface area contributed by atoms with Crippen molar-refractivity contribution >= 4 is 17.7 Å².